The third kappa shape index (κ3) is 3.51. The van der Waals surface area contributed by atoms with Gasteiger partial charge in [-0.1, -0.05) is 6.07 Å². The second-order valence-corrected chi connectivity index (χ2v) is 3.80. The molecule has 0 bridgehead atoms. The number of benzene rings is 1. The number of non-ortho nitro benzene ring substituents is 1. The van der Waals surface area contributed by atoms with Crippen molar-refractivity contribution in [2.75, 3.05) is 13.2 Å². The number of amides is 1. The molecule has 1 aromatic rings. The largest absolute Gasteiger partial charge is 0.394 e. The van der Waals surface area contributed by atoms with Crippen LogP contribution in [0.5, 0.6) is 0 Å². The van der Waals surface area contributed by atoms with Crippen molar-refractivity contribution < 1.29 is 19.9 Å². The van der Waals surface area contributed by atoms with Gasteiger partial charge in [0, 0.05) is 24.2 Å². The van der Waals surface area contributed by atoms with Crippen LogP contribution in [-0.4, -0.2) is 40.3 Å². The van der Waals surface area contributed by atoms with Crippen LogP contribution in [0.15, 0.2) is 18.2 Å². The minimum Gasteiger partial charge on any atom is -0.394 e. The minimum atomic E-state index is -1.05. The summed E-state index contributed by atoms with van der Waals surface area (Å²) in [5.74, 6) is -0.524. The van der Waals surface area contributed by atoms with Crippen LogP contribution < -0.4 is 5.32 Å². The van der Waals surface area contributed by atoms with Gasteiger partial charge >= 0.3 is 0 Å². The van der Waals surface area contributed by atoms with Gasteiger partial charge in [-0.3, -0.25) is 14.9 Å². The molecule has 0 aliphatic heterocycles. The number of nitrogens with zero attached hydrogens (tertiary/aromatic N) is 1. The maximum atomic E-state index is 11.7. The number of carbonyl (C=O) groups is 1. The smallest absolute Gasteiger partial charge is 0.270 e. The summed E-state index contributed by atoms with van der Waals surface area (Å²) >= 11 is 0. The molecule has 98 valence electrons. The molecule has 3 N–H and O–H groups in total. The highest BCUT2D eigenvalue weighted by Gasteiger charge is 2.15. The van der Waals surface area contributed by atoms with E-state index >= 15 is 0 Å². The summed E-state index contributed by atoms with van der Waals surface area (Å²) in [5.41, 5.74) is 0.597. The maximum absolute atomic E-state index is 11.7. The number of hydrogen-bond acceptors (Lipinski definition) is 5. The van der Waals surface area contributed by atoms with Gasteiger partial charge in [-0.25, -0.2) is 0 Å². The van der Waals surface area contributed by atoms with Gasteiger partial charge in [0.2, 0.25) is 0 Å². The first-order chi connectivity index (χ1) is 8.45. The van der Waals surface area contributed by atoms with E-state index in [1.165, 1.54) is 18.2 Å². The van der Waals surface area contributed by atoms with E-state index < -0.39 is 23.5 Å². The Labute approximate surface area is 103 Å². The van der Waals surface area contributed by atoms with Crippen molar-refractivity contribution in [3.05, 3.63) is 39.4 Å². The van der Waals surface area contributed by atoms with Crippen molar-refractivity contribution in [3.63, 3.8) is 0 Å². The molecule has 0 aliphatic rings. The number of hydrogen-bond donors (Lipinski definition) is 3. The molecule has 18 heavy (non-hydrogen) atoms. The number of rotatable bonds is 5. The van der Waals surface area contributed by atoms with Gasteiger partial charge in [0.05, 0.1) is 17.6 Å². The Kier molecular flexibility index (Phi) is 4.75. The van der Waals surface area contributed by atoms with E-state index in [1.54, 1.807) is 6.92 Å². The molecule has 0 radical (unpaired) electrons. The highest BCUT2D eigenvalue weighted by atomic mass is 16.6. The maximum Gasteiger partial charge on any atom is 0.270 e. The molecule has 1 atom stereocenters. The predicted octanol–water partition coefficient (Wildman–Crippen LogP) is -0.0138. The van der Waals surface area contributed by atoms with Crippen LogP contribution in [-0.2, 0) is 0 Å². The Bertz CT molecular complexity index is 461. The lowest BCUT2D eigenvalue weighted by Gasteiger charge is -2.10. The fraction of sp³-hybridized carbons (Fsp3) is 0.364. The lowest BCUT2D eigenvalue weighted by atomic mass is 10.1. The molecular weight excluding hydrogens is 240 g/mol. The first kappa shape index (κ1) is 14.1. The van der Waals surface area contributed by atoms with E-state index in [0.29, 0.717) is 5.56 Å². The van der Waals surface area contributed by atoms with Crippen LogP contribution in [0.25, 0.3) is 0 Å². The lowest BCUT2D eigenvalue weighted by molar-refractivity contribution is -0.384. The van der Waals surface area contributed by atoms with Gasteiger partial charge in [0.15, 0.2) is 0 Å². The average Bonchev–Trinajstić information content (AvgIpc) is 2.35. The molecule has 0 spiro atoms. The van der Waals surface area contributed by atoms with Gasteiger partial charge in [0.25, 0.3) is 11.6 Å². The van der Waals surface area contributed by atoms with Gasteiger partial charge < -0.3 is 15.5 Å². The quantitative estimate of drug-likeness (QED) is 0.505. The monoisotopic (exact) mass is 254 g/mol. The van der Waals surface area contributed by atoms with E-state index in [2.05, 4.69) is 5.32 Å². The number of aryl methyl sites for hydroxylation is 1. The van der Waals surface area contributed by atoms with E-state index in [9.17, 15) is 14.9 Å². The van der Waals surface area contributed by atoms with Crippen molar-refractivity contribution in [2.45, 2.75) is 13.0 Å². The van der Waals surface area contributed by atoms with Crippen molar-refractivity contribution in [3.8, 4) is 0 Å². The summed E-state index contributed by atoms with van der Waals surface area (Å²) in [4.78, 5) is 21.7. The summed E-state index contributed by atoms with van der Waals surface area (Å²) in [6, 6.07) is 3.97. The van der Waals surface area contributed by atoms with Crippen molar-refractivity contribution in [1.82, 2.24) is 5.32 Å². The minimum absolute atomic E-state index is 0.114. The molecule has 1 rings (SSSR count). The predicted molar refractivity (Wildman–Crippen MR) is 63.3 cm³/mol. The molecule has 7 heteroatoms. The molecular formula is C11H14N2O5. The molecule has 1 unspecified atom stereocenters. The average molecular weight is 254 g/mol. The number of aliphatic hydroxyl groups excluding tert-OH is 2. The summed E-state index contributed by atoms with van der Waals surface area (Å²) in [6.45, 7) is 1.08. The van der Waals surface area contributed by atoms with Crippen LogP contribution in [0.2, 0.25) is 0 Å². The topological polar surface area (TPSA) is 113 Å². The van der Waals surface area contributed by atoms with Crippen LogP contribution in [0.4, 0.5) is 5.69 Å². The zero-order valence-corrected chi connectivity index (χ0v) is 9.79. The summed E-state index contributed by atoms with van der Waals surface area (Å²) in [5, 5.41) is 30.7. The Morgan fingerprint density at radius 2 is 2.22 bits per heavy atom. The first-order valence-electron chi connectivity index (χ1n) is 5.28. The highest BCUT2D eigenvalue weighted by molar-refractivity contribution is 5.96. The van der Waals surface area contributed by atoms with Gasteiger partial charge in [-0.05, 0) is 12.5 Å². The molecule has 1 amide bonds. The molecule has 0 heterocycles. The standard InChI is InChI=1S/C11H14N2O5/c1-7-2-3-8(13(17)18)4-10(7)11(16)12-5-9(15)6-14/h2-4,9,14-15H,5-6H2,1H3,(H,12,16). The Hall–Kier alpha value is -1.99. The third-order valence-electron chi connectivity index (χ3n) is 2.39. The summed E-state index contributed by atoms with van der Waals surface area (Å²) in [7, 11) is 0. The number of nitro groups is 1. The zero-order chi connectivity index (χ0) is 13.7. The van der Waals surface area contributed by atoms with Crippen LogP contribution in [0.1, 0.15) is 15.9 Å². The normalized spacial score (nSPS) is 11.9. The Morgan fingerprint density at radius 3 is 2.78 bits per heavy atom. The van der Waals surface area contributed by atoms with Crippen LogP contribution in [0.3, 0.4) is 0 Å². The molecule has 0 aliphatic carbocycles. The molecule has 0 aromatic heterocycles. The van der Waals surface area contributed by atoms with E-state index in [-0.39, 0.29) is 17.8 Å². The van der Waals surface area contributed by atoms with Crippen LogP contribution >= 0.6 is 0 Å². The van der Waals surface area contributed by atoms with Crippen molar-refractivity contribution >= 4 is 11.6 Å². The van der Waals surface area contributed by atoms with E-state index in [1.807, 2.05) is 0 Å². The first-order valence-corrected chi connectivity index (χ1v) is 5.28. The molecule has 0 fully saturated rings. The second kappa shape index (κ2) is 6.08. The van der Waals surface area contributed by atoms with Gasteiger partial charge in [-0.15, -0.1) is 0 Å². The molecule has 7 nitrogen and oxygen atoms in total. The Morgan fingerprint density at radius 1 is 1.56 bits per heavy atom. The SMILES string of the molecule is Cc1ccc([N+](=O)[O-])cc1C(=O)NCC(O)CO. The number of carbonyl (C=O) groups excluding carboxylic acids is 1. The molecule has 0 saturated heterocycles. The number of nitrogens with one attached hydrogen (secondary N) is 1. The lowest BCUT2D eigenvalue weighted by Crippen LogP contribution is -2.34. The molecule has 1 aromatic carbocycles. The zero-order valence-electron chi connectivity index (χ0n) is 9.79. The second-order valence-electron chi connectivity index (χ2n) is 3.80. The van der Waals surface area contributed by atoms with Crippen LogP contribution in [0, 0.1) is 17.0 Å². The highest BCUT2D eigenvalue weighted by Crippen LogP contribution is 2.17. The number of aliphatic hydroxyl groups is 2. The summed E-state index contributed by atoms with van der Waals surface area (Å²) < 4.78 is 0. The Balaban J connectivity index is 2.84. The number of nitro benzene ring substituents is 1. The van der Waals surface area contributed by atoms with E-state index in [4.69, 9.17) is 10.2 Å². The molecule has 0 saturated carbocycles. The van der Waals surface area contributed by atoms with Crippen molar-refractivity contribution in [1.29, 1.82) is 0 Å². The summed E-state index contributed by atoms with van der Waals surface area (Å²) in [6.07, 6.45) is -1.05. The fourth-order valence-electron chi connectivity index (χ4n) is 1.34. The van der Waals surface area contributed by atoms with Gasteiger partial charge in [-0.2, -0.15) is 0 Å². The van der Waals surface area contributed by atoms with E-state index in [0.717, 1.165) is 0 Å². The third-order valence-corrected chi connectivity index (χ3v) is 2.39. The fourth-order valence-corrected chi connectivity index (χ4v) is 1.34. The van der Waals surface area contributed by atoms with Gasteiger partial charge in [0.1, 0.15) is 0 Å². The van der Waals surface area contributed by atoms with Crippen molar-refractivity contribution in [2.24, 2.45) is 0 Å².